The van der Waals surface area contributed by atoms with Gasteiger partial charge in [-0.1, -0.05) is 36.6 Å². The standard InChI is InChI=1S/C29H33N7O3/c1-19-24(17-34(3)32-19)28(29(39)30-22-9-5-4-6-10-22)36(23-15-13-21(14-16-23)20(2)37)27(38)18-35-26-12-8-7-11-25(26)31-33-35/h7-8,11-17,22,28H,4-6,9-10,18H2,1-3H3,(H,30,39)/t28-/m1/s1. The second kappa shape index (κ2) is 11.2. The van der Waals surface area contributed by atoms with E-state index in [0.29, 0.717) is 28.0 Å². The number of nitrogens with one attached hydrogen (secondary N) is 1. The van der Waals surface area contributed by atoms with Crippen molar-refractivity contribution < 1.29 is 14.4 Å². The van der Waals surface area contributed by atoms with E-state index in [4.69, 9.17) is 0 Å². The molecule has 0 aliphatic heterocycles. The summed E-state index contributed by atoms with van der Waals surface area (Å²) in [6.07, 6.45) is 6.91. The van der Waals surface area contributed by atoms with Crippen molar-refractivity contribution in [3.63, 3.8) is 0 Å². The molecule has 0 spiro atoms. The third kappa shape index (κ3) is 5.59. The fraction of sp³-hybridized carbons (Fsp3) is 0.379. The van der Waals surface area contributed by atoms with Gasteiger partial charge in [0, 0.05) is 36.1 Å². The van der Waals surface area contributed by atoms with E-state index in [0.717, 1.165) is 37.6 Å². The Morgan fingerprint density at radius 2 is 1.77 bits per heavy atom. The van der Waals surface area contributed by atoms with Crippen LogP contribution in [0.25, 0.3) is 11.0 Å². The van der Waals surface area contributed by atoms with Gasteiger partial charge in [-0.05, 0) is 63.1 Å². The molecule has 2 aromatic heterocycles. The molecule has 2 amide bonds. The van der Waals surface area contributed by atoms with Crippen molar-refractivity contribution in [1.82, 2.24) is 30.1 Å². The van der Waals surface area contributed by atoms with Gasteiger partial charge < -0.3 is 5.32 Å². The molecule has 1 saturated carbocycles. The molecule has 10 nitrogen and oxygen atoms in total. The Hall–Kier alpha value is -4.34. The summed E-state index contributed by atoms with van der Waals surface area (Å²) in [5.74, 6) is -0.679. The van der Waals surface area contributed by atoms with Gasteiger partial charge in [0.25, 0.3) is 0 Å². The number of aryl methyl sites for hydroxylation is 2. The lowest BCUT2D eigenvalue weighted by molar-refractivity contribution is -0.127. The molecule has 1 aliphatic rings. The average molecular weight is 528 g/mol. The first-order valence-corrected chi connectivity index (χ1v) is 13.3. The van der Waals surface area contributed by atoms with Crippen molar-refractivity contribution in [2.24, 2.45) is 7.05 Å². The molecule has 1 aliphatic carbocycles. The number of ketones is 1. The van der Waals surface area contributed by atoms with E-state index < -0.39 is 6.04 Å². The number of carbonyl (C=O) groups excluding carboxylic acids is 3. The van der Waals surface area contributed by atoms with Crippen LogP contribution >= 0.6 is 0 Å². The summed E-state index contributed by atoms with van der Waals surface area (Å²) in [5, 5.41) is 16.1. The van der Waals surface area contributed by atoms with Crippen molar-refractivity contribution in [2.45, 2.75) is 64.6 Å². The zero-order chi connectivity index (χ0) is 27.5. The van der Waals surface area contributed by atoms with Crippen LogP contribution in [0.15, 0.2) is 54.7 Å². The van der Waals surface area contributed by atoms with E-state index in [1.165, 1.54) is 11.8 Å². The number of nitrogens with zero attached hydrogens (tertiary/aromatic N) is 6. The Balaban J connectivity index is 1.58. The number of fused-ring (bicyclic) bond motifs is 1. The fourth-order valence-corrected chi connectivity index (χ4v) is 5.34. The van der Waals surface area contributed by atoms with Crippen LogP contribution in [0.1, 0.15) is 66.7 Å². The van der Waals surface area contributed by atoms with Crippen LogP contribution in [0.3, 0.4) is 0 Å². The SMILES string of the molecule is CC(=O)c1ccc(N(C(=O)Cn2nnc3ccccc32)[C@@H](C(=O)NC2CCCCC2)c2cn(C)nc2C)cc1. The largest absolute Gasteiger partial charge is 0.351 e. The molecule has 202 valence electrons. The second-order valence-electron chi connectivity index (χ2n) is 10.2. The van der Waals surface area contributed by atoms with E-state index in [1.54, 1.807) is 46.9 Å². The minimum atomic E-state index is -0.967. The predicted octanol–water partition coefficient (Wildman–Crippen LogP) is 3.90. The monoisotopic (exact) mass is 527 g/mol. The highest BCUT2D eigenvalue weighted by atomic mass is 16.2. The van der Waals surface area contributed by atoms with Crippen molar-refractivity contribution in [3.05, 3.63) is 71.5 Å². The zero-order valence-electron chi connectivity index (χ0n) is 22.5. The lowest BCUT2D eigenvalue weighted by Gasteiger charge is -2.33. The molecular formula is C29H33N7O3. The predicted molar refractivity (Wildman–Crippen MR) is 147 cm³/mol. The summed E-state index contributed by atoms with van der Waals surface area (Å²) < 4.78 is 3.19. The van der Waals surface area contributed by atoms with Crippen LogP contribution in [0.4, 0.5) is 5.69 Å². The highest BCUT2D eigenvalue weighted by Crippen LogP contribution is 2.31. The molecule has 2 heterocycles. The number of anilines is 1. The highest BCUT2D eigenvalue weighted by Gasteiger charge is 2.36. The van der Waals surface area contributed by atoms with Crippen molar-refractivity contribution in [3.8, 4) is 0 Å². The summed E-state index contributed by atoms with van der Waals surface area (Å²) >= 11 is 0. The first-order valence-electron chi connectivity index (χ1n) is 13.3. The summed E-state index contributed by atoms with van der Waals surface area (Å²) in [6, 6.07) is 13.3. The maximum absolute atomic E-state index is 14.2. The van der Waals surface area contributed by atoms with Crippen LogP contribution in [-0.2, 0) is 23.2 Å². The van der Waals surface area contributed by atoms with Gasteiger partial charge >= 0.3 is 0 Å². The van der Waals surface area contributed by atoms with E-state index in [2.05, 4.69) is 20.7 Å². The maximum atomic E-state index is 14.2. The number of aromatic nitrogens is 5. The van der Waals surface area contributed by atoms with Crippen molar-refractivity contribution in [2.75, 3.05) is 4.90 Å². The molecular weight excluding hydrogens is 494 g/mol. The third-order valence-electron chi connectivity index (χ3n) is 7.33. The van der Waals surface area contributed by atoms with Crippen LogP contribution in [0, 0.1) is 6.92 Å². The molecule has 0 bridgehead atoms. The summed E-state index contributed by atoms with van der Waals surface area (Å²) in [7, 11) is 1.79. The smallest absolute Gasteiger partial charge is 0.249 e. The molecule has 1 atom stereocenters. The van der Waals surface area contributed by atoms with E-state index in [9.17, 15) is 14.4 Å². The quantitative estimate of drug-likeness (QED) is 0.348. The molecule has 0 radical (unpaired) electrons. The lowest BCUT2D eigenvalue weighted by Crippen LogP contribution is -2.48. The summed E-state index contributed by atoms with van der Waals surface area (Å²) in [4.78, 5) is 41.7. The molecule has 0 unspecified atom stereocenters. The maximum Gasteiger partial charge on any atom is 0.249 e. The Labute approximate surface area is 227 Å². The van der Waals surface area contributed by atoms with E-state index >= 15 is 0 Å². The number of benzene rings is 2. The number of rotatable bonds is 8. The molecule has 0 saturated heterocycles. The van der Waals surface area contributed by atoms with Crippen molar-refractivity contribution >= 4 is 34.3 Å². The number of amides is 2. The molecule has 4 aromatic rings. The van der Waals surface area contributed by atoms with E-state index in [-0.39, 0.29) is 30.2 Å². The van der Waals surface area contributed by atoms with Crippen LogP contribution < -0.4 is 10.2 Å². The highest BCUT2D eigenvalue weighted by molar-refractivity contribution is 6.02. The first-order chi connectivity index (χ1) is 18.8. The normalized spacial score (nSPS) is 14.7. The van der Waals surface area contributed by atoms with E-state index in [1.807, 2.05) is 31.2 Å². The van der Waals surface area contributed by atoms with Gasteiger partial charge in [-0.2, -0.15) is 5.10 Å². The molecule has 1 fully saturated rings. The second-order valence-corrected chi connectivity index (χ2v) is 10.2. The summed E-state index contributed by atoms with van der Waals surface area (Å²) in [6.45, 7) is 3.21. The number of para-hydroxylation sites is 1. The Bertz CT molecular complexity index is 1500. The van der Waals surface area contributed by atoms with Gasteiger partial charge in [0.2, 0.25) is 11.8 Å². The third-order valence-corrected chi connectivity index (χ3v) is 7.33. The Kier molecular flexibility index (Phi) is 7.53. The van der Waals surface area contributed by atoms with Gasteiger partial charge in [0.1, 0.15) is 18.1 Å². The van der Waals surface area contributed by atoms with Crippen LogP contribution in [0.5, 0.6) is 0 Å². The van der Waals surface area contributed by atoms with Crippen LogP contribution in [-0.4, -0.2) is 48.4 Å². The Morgan fingerprint density at radius 3 is 2.44 bits per heavy atom. The summed E-state index contributed by atoms with van der Waals surface area (Å²) in [5.41, 5.74) is 3.72. The average Bonchev–Trinajstić information content (AvgIpc) is 3.49. The minimum Gasteiger partial charge on any atom is -0.351 e. The molecule has 5 rings (SSSR count). The van der Waals surface area contributed by atoms with Gasteiger partial charge in [-0.15, -0.1) is 5.10 Å². The van der Waals surface area contributed by atoms with Gasteiger partial charge in [0.15, 0.2) is 5.78 Å². The minimum absolute atomic E-state index is 0.0574. The molecule has 10 heteroatoms. The number of carbonyl (C=O) groups is 3. The number of Topliss-reactive ketones (excluding diaryl/α,β-unsaturated/α-hetero) is 1. The topological polar surface area (TPSA) is 115 Å². The first kappa shape index (κ1) is 26.3. The Morgan fingerprint density at radius 1 is 1.05 bits per heavy atom. The number of hydrogen-bond donors (Lipinski definition) is 1. The zero-order valence-corrected chi connectivity index (χ0v) is 22.5. The van der Waals surface area contributed by atoms with Gasteiger partial charge in [-0.25, -0.2) is 4.68 Å². The van der Waals surface area contributed by atoms with Gasteiger partial charge in [-0.3, -0.25) is 24.0 Å². The molecule has 2 aromatic carbocycles. The van der Waals surface area contributed by atoms with Gasteiger partial charge in [0.05, 0.1) is 11.2 Å². The van der Waals surface area contributed by atoms with Crippen LogP contribution in [0.2, 0.25) is 0 Å². The number of hydrogen-bond acceptors (Lipinski definition) is 6. The molecule has 1 N–H and O–H groups in total. The van der Waals surface area contributed by atoms with Crippen molar-refractivity contribution in [1.29, 1.82) is 0 Å². The lowest BCUT2D eigenvalue weighted by atomic mass is 9.94. The molecule has 39 heavy (non-hydrogen) atoms. The fourth-order valence-electron chi connectivity index (χ4n) is 5.34.